The molecule has 0 unspecified atom stereocenters. The number of nitrogens with one attached hydrogen (secondary N) is 1. The van der Waals surface area contributed by atoms with Crippen LogP contribution in [-0.4, -0.2) is 11.1 Å². The second-order valence-electron chi connectivity index (χ2n) is 5.20. The van der Waals surface area contributed by atoms with Crippen molar-refractivity contribution in [1.29, 1.82) is 0 Å². The van der Waals surface area contributed by atoms with Gasteiger partial charge in [-0.2, -0.15) is 0 Å². The van der Waals surface area contributed by atoms with Gasteiger partial charge in [-0.15, -0.1) is 0 Å². The van der Waals surface area contributed by atoms with Gasteiger partial charge in [0.25, 0.3) is 0 Å². The first-order valence-electron chi connectivity index (χ1n) is 6.63. The number of hydrogen-bond donors (Lipinski definition) is 2. The SMILES string of the molecule is Oc1ccc(NC2CC(c3ccccc3F)C2)cc1F. The quantitative estimate of drug-likeness (QED) is 0.829. The second kappa shape index (κ2) is 5.12. The van der Waals surface area contributed by atoms with E-state index in [9.17, 15) is 8.78 Å². The standard InChI is InChI=1S/C16H15F2NO/c17-14-4-2-1-3-13(14)10-7-12(8-10)19-11-5-6-16(20)15(18)9-11/h1-6,9-10,12,19-20H,7-8H2. The molecular weight excluding hydrogens is 260 g/mol. The van der Waals surface area contributed by atoms with Gasteiger partial charge in [-0.3, -0.25) is 0 Å². The number of aromatic hydroxyl groups is 1. The summed E-state index contributed by atoms with van der Waals surface area (Å²) in [5.41, 5.74) is 1.39. The topological polar surface area (TPSA) is 32.3 Å². The normalized spacial score (nSPS) is 21.3. The van der Waals surface area contributed by atoms with E-state index in [-0.39, 0.29) is 23.5 Å². The molecule has 0 radical (unpaired) electrons. The van der Waals surface area contributed by atoms with Crippen LogP contribution in [0.3, 0.4) is 0 Å². The average molecular weight is 275 g/mol. The first-order valence-corrected chi connectivity index (χ1v) is 6.63. The summed E-state index contributed by atoms with van der Waals surface area (Å²) in [5, 5.41) is 12.3. The van der Waals surface area contributed by atoms with E-state index in [0.29, 0.717) is 5.69 Å². The van der Waals surface area contributed by atoms with Gasteiger partial charge in [0.05, 0.1) is 0 Å². The van der Waals surface area contributed by atoms with Crippen molar-refractivity contribution in [3.8, 4) is 5.75 Å². The van der Waals surface area contributed by atoms with Crippen molar-refractivity contribution in [2.75, 3.05) is 5.32 Å². The molecule has 1 fully saturated rings. The smallest absolute Gasteiger partial charge is 0.166 e. The highest BCUT2D eigenvalue weighted by atomic mass is 19.1. The van der Waals surface area contributed by atoms with Crippen molar-refractivity contribution in [2.24, 2.45) is 0 Å². The fourth-order valence-electron chi connectivity index (χ4n) is 2.63. The zero-order chi connectivity index (χ0) is 14.1. The van der Waals surface area contributed by atoms with E-state index in [1.165, 1.54) is 18.2 Å². The van der Waals surface area contributed by atoms with E-state index in [1.807, 2.05) is 12.1 Å². The van der Waals surface area contributed by atoms with Gasteiger partial charge in [0, 0.05) is 17.8 Å². The molecule has 2 aromatic carbocycles. The van der Waals surface area contributed by atoms with Gasteiger partial charge in [-0.25, -0.2) is 8.78 Å². The molecule has 0 saturated heterocycles. The summed E-state index contributed by atoms with van der Waals surface area (Å²) in [4.78, 5) is 0. The minimum absolute atomic E-state index is 0.161. The summed E-state index contributed by atoms with van der Waals surface area (Å²) in [7, 11) is 0. The molecule has 0 amide bonds. The summed E-state index contributed by atoms with van der Waals surface area (Å²) < 4.78 is 26.8. The average Bonchev–Trinajstić information content (AvgIpc) is 2.39. The summed E-state index contributed by atoms with van der Waals surface area (Å²) in [5.74, 6) is -0.935. The summed E-state index contributed by atoms with van der Waals surface area (Å²) in [6.07, 6.45) is 1.65. The van der Waals surface area contributed by atoms with Gasteiger partial charge in [0.1, 0.15) is 5.82 Å². The van der Waals surface area contributed by atoms with Crippen LogP contribution in [0.15, 0.2) is 42.5 Å². The van der Waals surface area contributed by atoms with Gasteiger partial charge >= 0.3 is 0 Å². The lowest BCUT2D eigenvalue weighted by atomic mass is 9.75. The zero-order valence-corrected chi connectivity index (χ0v) is 10.8. The predicted molar refractivity (Wildman–Crippen MR) is 73.9 cm³/mol. The lowest BCUT2D eigenvalue weighted by Gasteiger charge is -2.37. The van der Waals surface area contributed by atoms with Gasteiger partial charge in [-0.1, -0.05) is 18.2 Å². The Morgan fingerprint density at radius 2 is 1.75 bits per heavy atom. The van der Waals surface area contributed by atoms with Crippen LogP contribution >= 0.6 is 0 Å². The third kappa shape index (κ3) is 2.46. The van der Waals surface area contributed by atoms with E-state index in [1.54, 1.807) is 12.1 Å². The number of phenolic OH excluding ortho intramolecular Hbond substituents is 1. The number of rotatable bonds is 3. The fourth-order valence-corrected chi connectivity index (χ4v) is 2.63. The molecule has 2 nitrogen and oxygen atoms in total. The van der Waals surface area contributed by atoms with E-state index in [2.05, 4.69) is 5.32 Å². The maximum Gasteiger partial charge on any atom is 0.166 e. The third-order valence-corrected chi connectivity index (χ3v) is 3.80. The molecule has 0 bridgehead atoms. The number of halogens is 2. The molecule has 104 valence electrons. The van der Waals surface area contributed by atoms with Crippen molar-refractivity contribution in [1.82, 2.24) is 0 Å². The minimum Gasteiger partial charge on any atom is -0.505 e. The lowest BCUT2D eigenvalue weighted by Crippen LogP contribution is -2.34. The van der Waals surface area contributed by atoms with Crippen LogP contribution in [0.4, 0.5) is 14.5 Å². The number of anilines is 1. The predicted octanol–water partition coefficient (Wildman–Crippen LogP) is 4.03. The maximum absolute atomic E-state index is 13.6. The van der Waals surface area contributed by atoms with Crippen molar-refractivity contribution in [3.05, 3.63) is 59.7 Å². The summed E-state index contributed by atoms with van der Waals surface area (Å²) in [6, 6.07) is 11.3. The van der Waals surface area contributed by atoms with E-state index in [4.69, 9.17) is 5.11 Å². The molecule has 2 aromatic rings. The minimum atomic E-state index is -0.639. The van der Waals surface area contributed by atoms with Gasteiger partial charge in [-0.05, 0) is 42.5 Å². The van der Waals surface area contributed by atoms with Crippen molar-refractivity contribution < 1.29 is 13.9 Å². The molecule has 0 atom stereocenters. The second-order valence-corrected chi connectivity index (χ2v) is 5.20. The van der Waals surface area contributed by atoms with Gasteiger partial charge in [0.2, 0.25) is 0 Å². The molecule has 20 heavy (non-hydrogen) atoms. The van der Waals surface area contributed by atoms with E-state index >= 15 is 0 Å². The highest BCUT2D eigenvalue weighted by Crippen LogP contribution is 2.39. The monoisotopic (exact) mass is 275 g/mol. The van der Waals surface area contributed by atoms with E-state index < -0.39 is 5.82 Å². The third-order valence-electron chi connectivity index (χ3n) is 3.80. The molecule has 2 N–H and O–H groups in total. The summed E-state index contributed by atoms with van der Waals surface area (Å²) >= 11 is 0. The highest BCUT2D eigenvalue weighted by Gasteiger charge is 2.31. The zero-order valence-electron chi connectivity index (χ0n) is 10.8. The first-order chi connectivity index (χ1) is 9.63. The Labute approximate surface area is 116 Å². The first kappa shape index (κ1) is 12.9. The Bertz CT molecular complexity index is 624. The molecule has 3 rings (SSSR count). The van der Waals surface area contributed by atoms with Crippen molar-refractivity contribution in [2.45, 2.75) is 24.8 Å². The molecular formula is C16H15F2NO. The van der Waals surface area contributed by atoms with Crippen LogP contribution in [0.5, 0.6) is 5.75 Å². The van der Waals surface area contributed by atoms with E-state index in [0.717, 1.165) is 18.4 Å². The van der Waals surface area contributed by atoms with Crippen LogP contribution in [-0.2, 0) is 0 Å². The Morgan fingerprint density at radius 1 is 1.00 bits per heavy atom. The number of benzene rings is 2. The molecule has 1 aliphatic rings. The Morgan fingerprint density at radius 3 is 2.45 bits per heavy atom. The van der Waals surface area contributed by atoms with Crippen LogP contribution in [0.1, 0.15) is 24.3 Å². The van der Waals surface area contributed by atoms with Crippen LogP contribution < -0.4 is 5.32 Å². The van der Waals surface area contributed by atoms with Gasteiger partial charge in [0.15, 0.2) is 11.6 Å². The van der Waals surface area contributed by atoms with Crippen LogP contribution in [0.2, 0.25) is 0 Å². The molecule has 0 aromatic heterocycles. The van der Waals surface area contributed by atoms with Crippen molar-refractivity contribution >= 4 is 5.69 Å². The molecule has 1 aliphatic carbocycles. The number of phenols is 1. The fraction of sp³-hybridized carbons (Fsp3) is 0.250. The Kier molecular flexibility index (Phi) is 3.30. The molecule has 4 heteroatoms. The largest absolute Gasteiger partial charge is 0.505 e. The lowest BCUT2D eigenvalue weighted by molar-refractivity contribution is 0.363. The summed E-state index contributed by atoms with van der Waals surface area (Å²) in [6.45, 7) is 0. The molecule has 1 saturated carbocycles. The molecule has 0 spiro atoms. The van der Waals surface area contributed by atoms with Gasteiger partial charge < -0.3 is 10.4 Å². The van der Waals surface area contributed by atoms with Crippen LogP contribution in [0, 0.1) is 11.6 Å². The number of hydrogen-bond acceptors (Lipinski definition) is 2. The highest BCUT2D eigenvalue weighted by molar-refractivity contribution is 5.48. The Hall–Kier alpha value is -2.10. The molecule has 0 heterocycles. The van der Waals surface area contributed by atoms with Crippen molar-refractivity contribution in [3.63, 3.8) is 0 Å². The maximum atomic E-state index is 13.6. The molecule has 0 aliphatic heterocycles. The van der Waals surface area contributed by atoms with Crippen LogP contribution in [0.25, 0.3) is 0 Å². The Balaban J connectivity index is 1.61.